The number of halogens is 3. The van der Waals surface area contributed by atoms with Gasteiger partial charge in [-0.1, -0.05) is 11.6 Å². The number of anilines is 1. The van der Waals surface area contributed by atoms with Gasteiger partial charge >= 0.3 is 0 Å². The van der Waals surface area contributed by atoms with Gasteiger partial charge in [0.25, 0.3) is 5.91 Å². The van der Waals surface area contributed by atoms with Crippen molar-refractivity contribution in [2.75, 3.05) is 12.4 Å². The molecule has 0 saturated heterocycles. The van der Waals surface area contributed by atoms with Crippen LogP contribution in [0.15, 0.2) is 60.7 Å². The van der Waals surface area contributed by atoms with Crippen LogP contribution in [0.2, 0.25) is 5.02 Å². The first kappa shape index (κ1) is 19.6. The van der Waals surface area contributed by atoms with Crippen molar-refractivity contribution in [1.82, 2.24) is 0 Å². The zero-order valence-electron chi connectivity index (χ0n) is 14.8. The van der Waals surface area contributed by atoms with Gasteiger partial charge in [0.1, 0.15) is 29.7 Å². The van der Waals surface area contributed by atoms with E-state index in [1.807, 2.05) is 0 Å². The highest BCUT2D eigenvalue weighted by Crippen LogP contribution is 2.24. The Bertz CT molecular complexity index is 993. The van der Waals surface area contributed by atoms with Crippen LogP contribution in [0.1, 0.15) is 15.9 Å². The third kappa shape index (κ3) is 4.78. The topological polar surface area (TPSA) is 47.6 Å². The number of methoxy groups -OCH3 is 1. The number of amides is 1. The minimum absolute atomic E-state index is 0.110. The van der Waals surface area contributed by atoms with Gasteiger partial charge in [-0.15, -0.1) is 0 Å². The van der Waals surface area contributed by atoms with Crippen LogP contribution in [0.4, 0.5) is 14.5 Å². The van der Waals surface area contributed by atoms with Crippen molar-refractivity contribution >= 4 is 23.2 Å². The summed E-state index contributed by atoms with van der Waals surface area (Å²) in [7, 11) is 1.51. The molecule has 1 N–H and O–H groups in total. The average Bonchev–Trinajstić information content (AvgIpc) is 2.69. The number of hydrogen-bond donors (Lipinski definition) is 1. The Labute approximate surface area is 165 Å². The standard InChI is InChI=1S/C21H16ClF2NO3/c1-27-20-9-2-13(21(26)25-19-8-5-16(23)11-18(19)24)10-14(20)12-28-17-6-3-15(22)4-7-17/h2-11H,12H2,1H3,(H,25,26). The Balaban J connectivity index is 1.77. The van der Waals surface area contributed by atoms with Gasteiger partial charge < -0.3 is 14.8 Å². The van der Waals surface area contributed by atoms with Crippen LogP contribution in [0.5, 0.6) is 11.5 Å². The van der Waals surface area contributed by atoms with Gasteiger partial charge in [-0.3, -0.25) is 4.79 Å². The summed E-state index contributed by atoms with van der Waals surface area (Å²) in [6.07, 6.45) is 0. The molecule has 3 aromatic rings. The van der Waals surface area contributed by atoms with E-state index in [1.165, 1.54) is 7.11 Å². The van der Waals surface area contributed by atoms with E-state index in [4.69, 9.17) is 21.1 Å². The Morgan fingerprint density at radius 2 is 1.79 bits per heavy atom. The van der Waals surface area contributed by atoms with E-state index < -0.39 is 17.5 Å². The molecule has 28 heavy (non-hydrogen) atoms. The SMILES string of the molecule is COc1ccc(C(=O)Nc2ccc(F)cc2F)cc1COc1ccc(Cl)cc1. The normalized spacial score (nSPS) is 10.4. The van der Waals surface area contributed by atoms with E-state index in [0.29, 0.717) is 28.2 Å². The molecule has 0 spiro atoms. The summed E-state index contributed by atoms with van der Waals surface area (Å²) >= 11 is 5.85. The first-order valence-corrected chi connectivity index (χ1v) is 8.66. The lowest BCUT2D eigenvalue weighted by atomic mass is 10.1. The number of nitrogens with one attached hydrogen (secondary N) is 1. The van der Waals surface area contributed by atoms with Gasteiger partial charge in [-0.2, -0.15) is 0 Å². The van der Waals surface area contributed by atoms with Gasteiger partial charge in [-0.05, 0) is 54.6 Å². The number of rotatable bonds is 6. The first-order valence-electron chi connectivity index (χ1n) is 8.28. The summed E-state index contributed by atoms with van der Waals surface area (Å²) in [4.78, 5) is 12.4. The molecule has 0 aromatic heterocycles. The van der Waals surface area contributed by atoms with E-state index in [9.17, 15) is 13.6 Å². The van der Waals surface area contributed by atoms with Crippen molar-refractivity contribution < 1.29 is 23.0 Å². The maximum Gasteiger partial charge on any atom is 0.255 e. The number of benzene rings is 3. The summed E-state index contributed by atoms with van der Waals surface area (Å²) in [5, 5.41) is 3.02. The molecular weight excluding hydrogens is 388 g/mol. The van der Waals surface area contributed by atoms with Gasteiger partial charge in [0.2, 0.25) is 0 Å². The quantitative estimate of drug-likeness (QED) is 0.594. The highest BCUT2D eigenvalue weighted by molar-refractivity contribution is 6.30. The third-order valence-electron chi connectivity index (χ3n) is 3.93. The zero-order chi connectivity index (χ0) is 20.1. The van der Waals surface area contributed by atoms with E-state index in [-0.39, 0.29) is 17.9 Å². The molecule has 0 bridgehead atoms. The zero-order valence-corrected chi connectivity index (χ0v) is 15.6. The van der Waals surface area contributed by atoms with E-state index in [0.717, 1.165) is 12.1 Å². The fourth-order valence-electron chi connectivity index (χ4n) is 2.51. The number of hydrogen-bond acceptors (Lipinski definition) is 3. The predicted octanol–water partition coefficient (Wildman–Crippen LogP) is 5.46. The molecule has 0 fully saturated rings. The molecular formula is C21H16ClF2NO3. The lowest BCUT2D eigenvalue weighted by molar-refractivity contribution is 0.102. The van der Waals surface area contributed by atoms with Crippen molar-refractivity contribution in [3.8, 4) is 11.5 Å². The summed E-state index contributed by atoms with van der Waals surface area (Å²) in [6, 6.07) is 14.5. The third-order valence-corrected chi connectivity index (χ3v) is 4.18. The maximum absolute atomic E-state index is 13.8. The molecule has 0 heterocycles. The van der Waals surface area contributed by atoms with Crippen LogP contribution in [-0.2, 0) is 6.61 Å². The number of ether oxygens (including phenoxy) is 2. The molecule has 0 saturated carbocycles. The smallest absolute Gasteiger partial charge is 0.255 e. The molecule has 144 valence electrons. The molecule has 1 amide bonds. The highest BCUT2D eigenvalue weighted by Gasteiger charge is 2.13. The Kier molecular flexibility index (Phi) is 6.11. The summed E-state index contributed by atoms with van der Waals surface area (Å²) in [5.41, 5.74) is 0.796. The fraction of sp³-hybridized carbons (Fsp3) is 0.0952. The maximum atomic E-state index is 13.8. The molecule has 3 aromatic carbocycles. The van der Waals surface area contributed by atoms with Crippen molar-refractivity contribution in [3.05, 3.63) is 88.4 Å². The van der Waals surface area contributed by atoms with E-state index >= 15 is 0 Å². The molecule has 0 aliphatic rings. The first-order chi connectivity index (χ1) is 13.5. The summed E-state index contributed by atoms with van der Waals surface area (Å²) in [6.45, 7) is 0.150. The molecule has 0 radical (unpaired) electrons. The average molecular weight is 404 g/mol. The Hall–Kier alpha value is -3.12. The molecule has 0 unspecified atom stereocenters. The summed E-state index contributed by atoms with van der Waals surface area (Å²) < 4.78 is 37.8. The van der Waals surface area contributed by atoms with Crippen LogP contribution < -0.4 is 14.8 Å². The second-order valence-electron chi connectivity index (χ2n) is 5.85. The lowest BCUT2D eigenvalue weighted by Gasteiger charge is -2.13. The second kappa shape index (κ2) is 8.71. The van der Waals surface area contributed by atoms with Crippen LogP contribution in [0, 0.1) is 11.6 Å². The van der Waals surface area contributed by atoms with Crippen LogP contribution >= 0.6 is 11.6 Å². The van der Waals surface area contributed by atoms with Crippen molar-refractivity contribution in [2.45, 2.75) is 6.61 Å². The molecule has 3 rings (SSSR count). The minimum atomic E-state index is -0.854. The predicted molar refractivity (Wildman–Crippen MR) is 103 cm³/mol. The highest BCUT2D eigenvalue weighted by atomic mass is 35.5. The largest absolute Gasteiger partial charge is 0.496 e. The van der Waals surface area contributed by atoms with Gasteiger partial charge in [-0.25, -0.2) is 8.78 Å². The van der Waals surface area contributed by atoms with Gasteiger partial charge in [0.05, 0.1) is 12.8 Å². The minimum Gasteiger partial charge on any atom is -0.496 e. The monoisotopic (exact) mass is 403 g/mol. The van der Waals surface area contributed by atoms with E-state index in [1.54, 1.807) is 42.5 Å². The Morgan fingerprint density at radius 3 is 2.46 bits per heavy atom. The number of carbonyl (C=O) groups is 1. The van der Waals surface area contributed by atoms with Crippen molar-refractivity contribution in [2.24, 2.45) is 0 Å². The molecule has 0 atom stereocenters. The lowest BCUT2D eigenvalue weighted by Crippen LogP contribution is -2.14. The molecule has 0 aliphatic heterocycles. The summed E-state index contributed by atoms with van der Waals surface area (Å²) in [5.74, 6) is -0.969. The van der Waals surface area contributed by atoms with Gasteiger partial charge in [0, 0.05) is 22.2 Å². The van der Waals surface area contributed by atoms with Crippen LogP contribution in [0.3, 0.4) is 0 Å². The number of carbonyl (C=O) groups excluding carboxylic acids is 1. The van der Waals surface area contributed by atoms with Crippen molar-refractivity contribution in [1.29, 1.82) is 0 Å². The second-order valence-corrected chi connectivity index (χ2v) is 6.28. The fourth-order valence-corrected chi connectivity index (χ4v) is 2.64. The molecule has 0 aliphatic carbocycles. The van der Waals surface area contributed by atoms with Crippen LogP contribution in [0.25, 0.3) is 0 Å². The Morgan fingerprint density at radius 1 is 1.04 bits per heavy atom. The molecule has 7 heteroatoms. The molecule has 4 nitrogen and oxygen atoms in total. The van der Waals surface area contributed by atoms with Gasteiger partial charge in [0.15, 0.2) is 0 Å². The van der Waals surface area contributed by atoms with Crippen molar-refractivity contribution in [3.63, 3.8) is 0 Å². The van der Waals surface area contributed by atoms with E-state index in [2.05, 4.69) is 5.32 Å². The van der Waals surface area contributed by atoms with Crippen LogP contribution in [-0.4, -0.2) is 13.0 Å².